The van der Waals surface area contributed by atoms with E-state index in [1.165, 1.54) is 31.2 Å². The maximum absolute atomic E-state index is 11.6. The zero-order valence-electron chi connectivity index (χ0n) is 8.89. The number of benzene rings is 1. The monoisotopic (exact) mass is 235 g/mol. The Morgan fingerprint density at radius 1 is 1.24 bits per heavy atom. The second kappa shape index (κ2) is 3.55. The average Bonchev–Trinajstić information content (AvgIpc) is 2.54. The summed E-state index contributed by atoms with van der Waals surface area (Å²) in [4.78, 5) is 32.6. The van der Waals surface area contributed by atoms with Crippen molar-refractivity contribution in [3.05, 3.63) is 39.9 Å². The first-order valence-corrected chi connectivity index (χ1v) is 4.82. The van der Waals surface area contributed by atoms with Crippen LogP contribution in [0, 0.1) is 10.1 Å². The molecule has 88 valence electrons. The van der Waals surface area contributed by atoms with Gasteiger partial charge in [-0.1, -0.05) is 0 Å². The summed E-state index contributed by atoms with van der Waals surface area (Å²) in [5, 5.41) is 15.1. The van der Waals surface area contributed by atoms with E-state index in [0.717, 1.165) is 0 Å². The summed E-state index contributed by atoms with van der Waals surface area (Å²) in [6.07, 6.45) is 0. The number of nitrogens with one attached hydrogen (secondary N) is 2. The number of rotatable bonds is 2. The maximum Gasteiger partial charge on any atom is 0.322 e. The van der Waals surface area contributed by atoms with Crippen molar-refractivity contribution in [2.75, 3.05) is 0 Å². The molecule has 3 amide bonds. The highest BCUT2D eigenvalue weighted by molar-refractivity contribution is 6.07. The summed E-state index contributed by atoms with van der Waals surface area (Å²) in [6, 6.07) is 4.90. The van der Waals surface area contributed by atoms with Crippen LogP contribution in [-0.4, -0.2) is 16.9 Å². The van der Waals surface area contributed by atoms with Crippen LogP contribution in [0.5, 0.6) is 0 Å². The van der Waals surface area contributed by atoms with E-state index in [0.29, 0.717) is 5.56 Å². The van der Waals surface area contributed by atoms with E-state index in [9.17, 15) is 19.7 Å². The Morgan fingerprint density at radius 2 is 1.82 bits per heavy atom. The largest absolute Gasteiger partial charge is 0.322 e. The van der Waals surface area contributed by atoms with Crippen molar-refractivity contribution >= 4 is 17.6 Å². The molecule has 17 heavy (non-hydrogen) atoms. The average molecular weight is 235 g/mol. The van der Waals surface area contributed by atoms with Gasteiger partial charge in [0.25, 0.3) is 11.6 Å². The third-order valence-corrected chi connectivity index (χ3v) is 2.70. The maximum atomic E-state index is 11.6. The highest BCUT2D eigenvalue weighted by Crippen LogP contribution is 2.25. The van der Waals surface area contributed by atoms with Crippen molar-refractivity contribution in [1.29, 1.82) is 0 Å². The van der Waals surface area contributed by atoms with Crippen molar-refractivity contribution < 1.29 is 14.5 Å². The fourth-order valence-corrected chi connectivity index (χ4v) is 1.66. The lowest BCUT2D eigenvalue weighted by Gasteiger charge is -2.20. The molecule has 0 radical (unpaired) electrons. The number of carbonyl (C=O) groups excluding carboxylic acids is 2. The minimum absolute atomic E-state index is 0.0675. The predicted molar refractivity (Wildman–Crippen MR) is 57.1 cm³/mol. The Balaban J connectivity index is 2.37. The smallest absolute Gasteiger partial charge is 0.320 e. The Labute approximate surface area is 96.0 Å². The first kappa shape index (κ1) is 11.1. The zero-order chi connectivity index (χ0) is 12.6. The van der Waals surface area contributed by atoms with Gasteiger partial charge in [-0.15, -0.1) is 0 Å². The second-order valence-corrected chi connectivity index (χ2v) is 3.84. The van der Waals surface area contributed by atoms with Crippen molar-refractivity contribution in [3.63, 3.8) is 0 Å². The normalized spacial score (nSPS) is 23.1. The lowest BCUT2D eigenvalue weighted by molar-refractivity contribution is -0.384. The zero-order valence-corrected chi connectivity index (χ0v) is 8.89. The summed E-state index contributed by atoms with van der Waals surface area (Å²) in [7, 11) is 0. The van der Waals surface area contributed by atoms with Crippen LogP contribution in [0.4, 0.5) is 10.5 Å². The van der Waals surface area contributed by atoms with E-state index in [1.807, 2.05) is 0 Å². The van der Waals surface area contributed by atoms with Gasteiger partial charge in [-0.3, -0.25) is 20.2 Å². The molecule has 1 fully saturated rings. The molecular weight excluding hydrogens is 226 g/mol. The summed E-state index contributed by atoms with van der Waals surface area (Å²) in [6.45, 7) is 1.54. The van der Waals surface area contributed by atoms with Gasteiger partial charge >= 0.3 is 6.03 Å². The molecule has 0 unspecified atom stereocenters. The Hall–Kier alpha value is -2.44. The number of nitro benzene ring substituents is 1. The Bertz CT molecular complexity index is 511. The van der Waals surface area contributed by atoms with E-state index in [4.69, 9.17) is 0 Å². The highest BCUT2D eigenvalue weighted by atomic mass is 16.6. The molecule has 0 saturated carbocycles. The van der Waals surface area contributed by atoms with Crippen LogP contribution in [0.25, 0.3) is 0 Å². The number of urea groups is 1. The molecule has 7 nitrogen and oxygen atoms in total. The predicted octanol–water partition coefficient (Wildman–Crippen LogP) is 0.649. The fourth-order valence-electron chi connectivity index (χ4n) is 1.66. The minimum Gasteiger partial charge on any atom is -0.320 e. The number of amides is 3. The Kier molecular flexibility index (Phi) is 2.31. The van der Waals surface area contributed by atoms with Gasteiger partial charge in [0.1, 0.15) is 5.54 Å². The summed E-state index contributed by atoms with van der Waals surface area (Å²) >= 11 is 0. The molecule has 1 aromatic rings. The van der Waals surface area contributed by atoms with Crippen LogP contribution >= 0.6 is 0 Å². The van der Waals surface area contributed by atoms with Gasteiger partial charge in [-0.05, 0) is 24.6 Å². The van der Waals surface area contributed by atoms with E-state index >= 15 is 0 Å². The third kappa shape index (κ3) is 1.71. The van der Waals surface area contributed by atoms with Gasteiger partial charge < -0.3 is 5.32 Å². The van der Waals surface area contributed by atoms with E-state index in [1.54, 1.807) is 0 Å². The van der Waals surface area contributed by atoms with Crippen LogP contribution in [-0.2, 0) is 10.3 Å². The lowest BCUT2D eigenvalue weighted by Crippen LogP contribution is -2.40. The van der Waals surface area contributed by atoms with Crippen molar-refractivity contribution in [2.24, 2.45) is 0 Å². The van der Waals surface area contributed by atoms with Crippen LogP contribution in [0.2, 0.25) is 0 Å². The number of hydrogen-bond donors (Lipinski definition) is 2. The highest BCUT2D eigenvalue weighted by Gasteiger charge is 2.43. The third-order valence-electron chi connectivity index (χ3n) is 2.70. The molecule has 1 aromatic carbocycles. The number of non-ortho nitro benzene ring substituents is 1. The lowest BCUT2D eigenvalue weighted by atomic mass is 9.92. The van der Waals surface area contributed by atoms with Crippen molar-refractivity contribution in [1.82, 2.24) is 10.6 Å². The van der Waals surface area contributed by atoms with Gasteiger partial charge in [0, 0.05) is 12.1 Å². The molecule has 1 heterocycles. The van der Waals surface area contributed by atoms with Crippen LogP contribution in [0.15, 0.2) is 24.3 Å². The molecule has 1 aliphatic rings. The Morgan fingerprint density at radius 3 is 2.24 bits per heavy atom. The number of nitro groups is 1. The van der Waals surface area contributed by atoms with Gasteiger partial charge in [0.15, 0.2) is 0 Å². The molecule has 1 aliphatic heterocycles. The number of carbonyl (C=O) groups is 2. The van der Waals surface area contributed by atoms with Gasteiger partial charge in [0.2, 0.25) is 0 Å². The van der Waals surface area contributed by atoms with Crippen molar-refractivity contribution in [2.45, 2.75) is 12.5 Å². The van der Waals surface area contributed by atoms with Gasteiger partial charge in [0.05, 0.1) is 4.92 Å². The summed E-state index contributed by atoms with van der Waals surface area (Å²) in [5.74, 6) is -0.476. The van der Waals surface area contributed by atoms with Crippen LogP contribution in [0.3, 0.4) is 0 Å². The number of nitrogens with zero attached hydrogens (tertiary/aromatic N) is 1. The van der Waals surface area contributed by atoms with E-state index in [2.05, 4.69) is 10.6 Å². The molecule has 0 aliphatic carbocycles. The summed E-state index contributed by atoms with van der Waals surface area (Å²) in [5.41, 5.74) is -0.750. The molecule has 2 N–H and O–H groups in total. The first-order valence-electron chi connectivity index (χ1n) is 4.82. The molecule has 0 bridgehead atoms. The SMILES string of the molecule is C[C@]1(c2ccc([N+](=O)[O-])cc2)NC(=O)NC1=O. The molecular formula is C10H9N3O4. The quantitative estimate of drug-likeness (QED) is 0.446. The topological polar surface area (TPSA) is 101 Å². The second-order valence-electron chi connectivity index (χ2n) is 3.84. The molecule has 0 spiro atoms. The van der Waals surface area contributed by atoms with Gasteiger partial charge in [-0.2, -0.15) is 0 Å². The molecule has 1 atom stereocenters. The fraction of sp³-hybridized carbons (Fsp3) is 0.200. The van der Waals surface area contributed by atoms with E-state index < -0.39 is 22.4 Å². The molecule has 1 saturated heterocycles. The molecule has 7 heteroatoms. The molecule has 2 rings (SSSR count). The number of hydrogen-bond acceptors (Lipinski definition) is 4. The van der Waals surface area contributed by atoms with Gasteiger partial charge in [-0.25, -0.2) is 4.79 Å². The standard InChI is InChI=1S/C10H9N3O4/c1-10(8(14)11-9(15)12-10)6-2-4-7(5-3-6)13(16)17/h2-5H,1H3,(H2,11,12,14,15)/t10-/m1/s1. The number of imide groups is 1. The first-order chi connectivity index (χ1) is 7.93. The van der Waals surface area contributed by atoms with Crippen LogP contribution < -0.4 is 10.6 Å². The van der Waals surface area contributed by atoms with Crippen LogP contribution in [0.1, 0.15) is 12.5 Å². The summed E-state index contributed by atoms with van der Waals surface area (Å²) < 4.78 is 0. The molecule has 0 aromatic heterocycles. The van der Waals surface area contributed by atoms with E-state index in [-0.39, 0.29) is 5.69 Å². The minimum atomic E-state index is -1.17. The van der Waals surface area contributed by atoms with Crippen molar-refractivity contribution in [3.8, 4) is 0 Å².